The van der Waals surface area contributed by atoms with Gasteiger partial charge in [0.25, 0.3) is 5.69 Å². The first-order chi connectivity index (χ1) is 7.65. The van der Waals surface area contributed by atoms with Crippen molar-refractivity contribution >= 4 is 17.4 Å². The molecule has 6 heteroatoms. The van der Waals surface area contributed by atoms with Gasteiger partial charge in [0, 0.05) is 12.3 Å². The highest BCUT2D eigenvalue weighted by Gasteiger charge is 2.13. The molecule has 84 valence electrons. The van der Waals surface area contributed by atoms with Crippen LogP contribution >= 0.6 is 0 Å². The lowest BCUT2D eigenvalue weighted by Crippen LogP contribution is -2.24. The third kappa shape index (κ3) is 3.09. The molecule has 6 nitrogen and oxygen atoms in total. The van der Waals surface area contributed by atoms with Crippen molar-refractivity contribution in [1.82, 2.24) is 5.32 Å². The minimum atomic E-state index is -0.550. The summed E-state index contributed by atoms with van der Waals surface area (Å²) in [5.41, 5.74) is 0.0210. The number of carbonyl (C=O) groups is 1. The molecule has 0 heterocycles. The number of nitrogens with one attached hydrogen (secondary N) is 2. The Balaban J connectivity index is 2.80. The maximum Gasteiger partial charge on any atom is 0.323 e. The van der Waals surface area contributed by atoms with Crippen molar-refractivity contribution in [2.75, 3.05) is 5.32 Å². The van der Waals surface area contributed by atoms with E-state index in [1.165, 1.54) is 24.4 Å². The Labute approximate surface area is 92.1 Å². The molecule has 0 spiro atoms. The van der Waals surface area contributed by atoms with Crippen molar-refractivity contribution in [3.8, 4) is 0 Å². The van der Waals surface area contributed by atoms with Gasteiger partial charge in [-0.15, -0.1) is 0 Å². The molecular formula is C10H11N3O3. The summed E-state index contributed by atoms with van der Waals surface area (Å²) in [5, 5.41) is 15.4. The molecule has 0 unspecified atom stereocenters. The van der Waals surface area contributed by atoms with Gasteiger partial charge in [0.05, 0.1) is 4.92 Å². The van der Waals surface area contributed by atoms with Crippen LogP contribution in [-0.2, 0) is 0 Å². The van der Waals surface area contributed by atoms with Crippen molar-refractivity contribution in [3.63, 3.8) is 0 Å². The lowest BCUT2D eigenvalue weighted by atomic mass is 10.3. The second-order valence-corrected chi connectivity index (χ2v) is 2.87. The minimum absolute atomic E-state index is 0.141. The van der Waals surface area contributed by atoms with Gasteiger partial charge in [-0.2, -0.15) is 0 Å². The lowest BCUT2D eigenvalue weighted by Gasteiger charge is -2.04. The number of benzene rings is 1. The van der Waals surface area contributed by atoms with E-state index in [-0.39, 0.29) is 11.4 Å². The number of nitro benzene ring substituents is 1. The third-order valence-electron chi connectivity index (χ3n) is 1.73. The number of nitrogens with zero attached hydrogens (tertiary/aromatic N) is 1. The van der Waals surface area contributed by atoms with Crippen LogP contribution in [0.1, 0.15) is 6.92 Å². The van der Waals surface area contributed by atoms with Crippen LogP contribution in [-0.4, -0.2) is 11.0 Å². The topological polar surface area (TPSA) is 84.3 Å². The van der Waals surface area contributed by atoms with Gasteiger partial charge in [0.15, 0.2) is 0 Å². The summed E-state index contributed by atoms with van der Waals surface area (Å²) >= 11 is 0. The van der Waals surface area contributed by atoms with E-state index < -0.39 is 11.0 Å². The van der Waals surface area contributed by atoms with Crippen molar-refractivity contribution < 1.29 is 9.72 Å². The number of anilines is 1. The van der Waals surface area contributed by atoms with Crippen LogP contribution < -0.4 is 10.6 Å². The summed E-state index contributed by atoms with van der Waals surface area (Å²) in [6, 6.07) is 5.41. The zero-order valence-corrected chi connectivity index (χ0v) is 8.64. The lowest BCUT2D eigenvalue weighted by molar-refractivity contribution is -0.383. The number of rotatable bonds is 3. The first-order valence-corrected chi connectivity index (χ1v) is 4.57. The maximum absolute atomic E-state index is 11.3. The van der Waals surface area contributed by atoms with Gasteiger partial charge in [0.1, 0.15) is 5.69 Å². The van der Waals surface area contributed by atoms with E-state index in [4.69, 9.17) is 0 Å². The first-order valence-electron chi connectivity index (χ1n) is 4.57. The summed E-state index contributed by atoms with van der Waals surface area (Å²) in [6.07, 6.45) is 3.07. The number of nitro groups is 1. The van der Waals surface area contributed by atoms with E-state index in [0.29, 0.717) is 0 Å². The van der Waals surface area contributed by atoms with E-state index >= 15 is 0 Å². The van der Waals surface area contributed by atoms with E-state index in [2.05, 4.69) is 10.6 Å². The zero-order chi connectivity index (χ0) is 12.0. The molecule has 2 amide bonds. The molecule has 0 aliphatic rings. The van der Waals surface area contributed by atoms with Crippen molar-refractivity contribution in [2.45, 2.75) is 6.92 Å². The van der Waals surface area contributed by atoms with Crippen LogP contribution in [0, 0.1) is 10.1 Å². The number of urea groups is 1. The predicted molar refractivity (Wildman–Crippen MR) is 60.1 cm³/mol. The highest BCUT2D eigenvalue weighted by Crippen LogP contribution is 2.22. The average Bonchev–Trinajstić information content (AvgIpc) is 2.27. The molecule has 0 bridgehead atoms. The van der Waals surface area contributed by atoms with Gasteiger partial charge in [-0.1, -0.05) is 18.2 Å². The molecule has 16 heavy (non-hydrogen) atoms. The first kappa shape index (κ1) is 11.7. The highest BCUT2D eigenvalue weighted by molar-refractivity contribution is 5.92. The van der Waals surface area contributed by atoms with Gasteiger partial charge in [-0.25, -0.2) is 4.79 Å². The van der Waals surface area contributed by atoms with E-state index in [1.54, 1.807) is 19.1 Å². The number of amides is 2. The molecule has 0 radical (unpaired) electrons. The van der Waals surface area contributed by atoms with Gasteiger partial charge >= 0.3 is 6.03 Å². The standard InChI is InChI=1S/C10H11N3O3/c1-2-7-11-10(14)12-8-5-3-4-6-9(8)13(15)16/h2-7H,1H3,(H2,11,12,14)/b7-2+. The molecule has 2 N–H and O–H groups in total. The normalized spacial score (nSPS) is 10.1. The summed E-state index contributed by atoms with van der Waals surface area (Å²) in [7, 11) is 0. The largest absolute Gasteiger partial charge is 0.323 e. The molecule has 0 saturated heterocycles. The smallest absolute Gasteiger partial charge is 0.315 e. The number of carbonyl (C=O) groups excluding carboxylic acids is 1. The molecule has 1 aromatic carbocycles. The molecule has 0 aliphatic heterocycles. The second kappa shape index (κ2) is 5.50. The maximum atomic E-state index is 11.3. The number of allylic oxidation sites excluding steroid dienone is 1. The Kier molecular flexibility index (Phi) is 4.02. The summed E-state index contributed by atoms with van der Waals surface area (Å²) in [5.74, 6) is 0. The Morgan fingerprint density at radius 1 is 1.44 bits per heavy atom. The molecule has 1 rings (SSSR count). The summed E-state index contributed by atoms with van der Waals surface area (Å²) in [4.78, 5) is 21.3. The van der Waals surface area contributed by atoms with Gasteiger partial charge in [0.2, 0.25) is 0 Å². The van der Waals surface area contributed by atoms with Crippen molar-refractivity contribution in [3.05, 3.63) is 46.7 Å². The highest BCUT2D eigenvalue weighted by atomic mass is 16.6. The molecule has 0 saturated carbocycles. The van der Waals surface area contributed by atoms with Crippen LogP contribution in [0.3, 0.4) is 0 Å². The monoisotopic (exact) mass is 221 g/mol. The third-order valence-corrected chi connectivity index (χ3v) is 1.73. The minimum Gasteiger partial charge on any atom is -0.315 e. The number of hydrogen-bond donors (Lipinski definition) is 2. The molecule has 0 atom stereocenters. The van der Waals surface area contributed by atoms with E-state index in [1.807, 2.05) is 0 Å². The number of para-hydroxylation sites is 2. The fourth-order valence-corrected chi connectivity index (χ4v) is 1.06. The Morgan fingerprint density at radius 3 is 2.75 bits per heavy atom. The Morgan fingerprint density at radius 2 is 2.12 bits per heavy atom. The quantitative estimate of drug-likeness (QED) is 0.606. The van der Waals surface area contributed by atoms with Gasteiger partial charge < -0.3 is 10.6 Å². The van der Waals surface area contributed by atoms with Gasteiger partial charge in [-0.05, 0) is 13.0 Å². The average molecular weight is 221 g/mol. The van der Waals surface area contributed by atoms with Crippen LogP contribution in [0.2, 0.25) is 0 Å². The summed E-state index contributed by atoms with van der Waals surface area (Å²) in [6.45, 7) is 1.74. The zero-order valence-electron chi connectivity index (χ0n) is 8.64. The van der Waals surface area contributed by atoms with Crippen LogP contribution in [0.25, 0.3) is 0 Å². The van der Waals surface area contributed by atoms with E-state index in [9.17, 15) is 14.9 Å². The van der Waals surface area contributed by atoms with Gasteiger partial charge in [-0.3, -0.25) is 10.1 Å². The molecule has 0 fully saturated rings. The van der Waals surface area contributed by atoms with E-state index in [0.717, 1.165) is 0 Å². The molecular weight excluding hydrogens is 210 g/mol. The Hall–Kier alpha value is -2.37. The molecule has 0 aromatic heterocycles. The summed E-state index contributed by atoms with van der Waals surface area (Å²) < 4.78 is 0. The van der Waals surface area contributed by atoms with Crippen LogP contribution in [0.15, 0.2) is 36.5 Å². The fraction of sp³-hybridized carbons (Fsp3) is 0.100. The SMILES string of the molecule is C/C=C/NC(=O)Nc1ccccc1[N+](=O)[O-]. The Bertz CT molecular complexity index is 429. The predicted octanol–water partition coefficient (Wildman–Crippen LogP) is 2.25. The van der Waals surface area contributed by atoms with Crippen LogP contribution in [0.5, 0.6) is 0 Å². The molecule has 0 aliphatic carbocycles. The van der Waals surface area contributed by atoms with Crippen LogP contribution in [0.4, 0.5) is 16.2 Å². The second-order valence-electron chi connectivity index (χ2n) is 2.87. The van der Waals surface area contributed by atoms with Crippen molar-refractivity contribution in [2.24, 2.45) is 0 Å². The number of hydrogen-bond acceptors (Lipinski definition) is 3. The molecule has 1 aromatic rings. The fourth-order valence-electron chi connectivity index (χ4n) is 1.06. The van der Waals surface area contributed by atoms with Crippen molar-refractivity contribution in [1.29, 1.82) is 0 Å².